The lowest BCUT2D eigenvalue weighted by Gasteiger charge is -2.33. The van der Waals surface area contributed by atoms with E-state index in [-0.39, 0.29) is 24.0 Å². The van der Waals surface area contributed by atoms with Gasteiger partial charge < -0.3 is 14.7 Å². The van der Waals surface area contributed by atoms with E-state index in [0.29, 0.717) is 0 Å². The molecule has 0 N–H and O–H groups in total. The molecule has 20 heavy (non-hydrogen) atoms. The lowest BCUT2D eigenvalue weighted by molar-refractivity contribution is 0.158. The van der Waals surface area contributed by atoms with Crippen LogP contribution in [0.4, 0.5) is 0 Å². The van der Waals surface area contributed by atoms with E-state index >= 15 is 0 Å². The quantitative estimate of drug-likeness (QED) is 0.309. The van der Waals surface area contributed by atoms with Gasteiger partial charge in [-0.15, -0.1) is 24.0 Å². The van der Waals surface area contributed by atoms with Crippen LogP contribution in [0.25, 0.3) is 0 Å². The summed E-state index contributed by atoms with van der Waals surface area (Å²) in [5.74, 6) is 1.06. The van der Waals surface area contributed by atoms with Gasteiger partial charge >= 0.3 is 0 Å². The molecule has 0 aromatic carbocycles. The summed E-state index contributed by atoms with van der Waals surface area (Å²) in [5.41, 5.74) is 0. The third-order valence-electron chi connectivity index (χ3n) is 3.85. The minimum absolute atomic E-state index is 0. The first-order chi connectivity index (χ1) is 9.02. The van der Waals surface area contributed by atoms with E-state index in [1.54, 1.807) is 0 Å². The Hall–Kier alpha value is -0.0400. The van der Waals surface area contributed by atoms with Crippen molar-refractivity contribution in [3.63, 3.8) is 0 Å². The fourth-order valence-electron chi connectivity index (χ4n) is 2.78. The molecule has 5 heteroatoms. The highest BCUT2D eigenvalue weighted by atomic mass is 127. The number of halogens is 1. The second-order valence-corrected chi connectivity index (χ2v) is 6.06. The Morgan fingerprint density at radius 1 is 1.10 bits per heavy atom. The van der Waals surface area contributed by atoms with Crippen molar-refractivity contribution in [2.45, 2.75) is 45.1 Å². The highest BCUT2D eigenvalue weighted by Crippen LogP contribution is 2.16. The standard InChI is InChI=1S/C15H32N4.HI/c1-14-10-6-8-12-19(14)13-9-7-11-16-15(17(2)3)18(4)5;/h14H,6-13H2,1-5H3;1H. The SMILES string of the molecule is CC1CCCCN1CCCCN=C(N(C)C)N(C)C.I. The van der Waals surface area contributed by atoms with Gasteiger partial charge in [0.25, 0.3) is 0 Å². The average Bonchev–Trinajstić information content (AvgIpc) is 2.34. The molecule has 4 nitrogen and oxygen atoms in total. The number of unbranched alkanes of at least 4 members (excludes halogenated alkanes) is 1. The first kappa shape index (κ1) is 20.0. The number of aliphatic imine (C=N–C) groups is 1. The predicted octanol–water partition coefficient (Wildman–Crippen LogP) is 2.74. The van der Waals surface area contributed by atoms with E-state index < -0.39 is 0 Å². The van der Waals surface area contributed by atoms with E-state index in [2.05, 4.69) is 26.6 Å². The molecule has 1 heterocycles. The zero-order chi connectivity index (χ0) is 14.3. The first-order valence-corrected chi connectivity index (χ1v) is 7.65. The molecule has 0 radical (unpaired) electrons. The molecular formula is C15H33IN4. The Morgan fingerprint density at radius 3 is 2.30 bits per heavy atom. The van der Waals surface area contributed by atoms with Gasteiger partial charge in [-0.2, -0.15) is 0 Å². The molecule has 0 bridgehead atoms. The molecule has 0 aliphatic carbocycles. The molecule has 1 atom stereocenters. The summed E-state index contributed by atoms with van der Waals surface area (Å²) >= 11 is 0. The van der Waals surface area contributed by atoms with Crippen LogP contribution in [0, 0.1) is 0 Å². The van der Waals surface area contributed by atoms with E-state index in [1.807, 2.05) is 28.2 Å². The maximum absolute atomic E-state index is 4.67. The number of piperidine rings is 1. The fraction of sp³-hybridized carbons (Fsp3) is 0.933. The highest BCUT2D eigenvalue weighted by Gasteiger charge is 2.16. The van der Waals surface area contributed by atoms with Gasteiger partial charge in [-0.05, 0) is 45.7 Å². The summed E-state index contributed by atoms with van der Waals surface area (Å²) < 4.78 is 0. The van der Waals surface area contributed by atoms with Gasteiger partial charge in [0.2, 0.25) is 0 Å². The summed E-state index contributed by atoms with van der Waals surface area (Å²) in [7, 11) is 8.20. The monoisotopic (exact) mass is 396 g/mol. The van der Waals surface area contributed by atoms with Crippen LogP contribution in [0.3, 0.4) is 0 Å². The van der Waals surface area contributed by atoms with Crippen molar-refractivity contribution in [2.24, 2.45) is 4.99 Å². The van der Waals surface area contributed by atoms with Gasteiger partial charge in [0.05, 0.1) is 0 Å². The Labute approximate surface area is 142 Å². The maximum atomic E-state index is 4.67. The minimum Gasteiger partial charge on any atom is -0.349 e. The van der Waals surface area contributed by atoms with Crippen LogP contribution in [0.5, 0.6) is 0 Å². The Morgan fingerprint density at radius 2 is 1.75 bits per heavy atom. The van der Waals surface area contributed by atoms with Crippen molar-refractivity contribution >= 4 is 29.9 Å². The number of hydrogen-bond acceptors (Lipinski definition) is 2. The van der Waals surface area contributed by atoms with E-state index in [1.165, 1.54) is 45.2 Å². The van der Waals surface area contributed by atoms with Crippen LogP contribution in [0.15, 0.2) is 4.99 Å². The van der Waals surface area contributed by atoms with Crippen LogP contribution < -0.4 is 0 Å². The number of likely N-dealkylation sites (tertiary alicyclic amines) is 1. The van der Waals surface area contributed by atoms with Crippen LogP contribution in [-0.2, 0) is 0 Å². The fourth-order valence-corrected chi connectivity index (χ4v) is 2.78. The van der Waals surface area contributed by atoms with Crippen molar-refractivity contribution in [1.29, 1.82) is 0 Å². The number of nitrogens with zero attached hydrogens (tertiary/aromatic N) is 4. The molecule has 0 amide bonds. The van der Waals surface area contributed by atoms with Crippen molar-refractivity contribution in [3.8, 4) is 0 Å². The minimum atomic E-state index is 0. The summed E-state index contributed by atoms with van der Waals surface area (Å²) in [4.78, 5) is 11.5. The molecule has 1 saturated heterocycles. The van der Waals surface area contributed by atoms with Crippen molar-refractivity contribution in [1.82, 2.24) is 14.7 Å². The summed E-state index contributed by atoms with van der Waals surface area (Å²) in [6, 6.07) is 0.788. The summed E-state index contributed by atoms with van der Waals surface area (Å²) in [5, 5.41) is 0. The largest absolute Gasteiger partial charge is 0.349 e. The first-order valence-electron chi connectivity index (χ1n) is 7.65. The number of hydrogen-bond donors (Lipinski definition) is 0. The topological polar surface area (TPSA) is 22.1 Å². The summed E-state index contributed by atoms with van der Waals surface area (Å²) in [6.45, 7) is 5.85. The van der Waals surface area contributed by atoms with Crippen LogP contribution in [0.1, 0.15) is 39.0 Å². The third kappa shape index (κ3) is 7.11. The van der Waals surface area contributed by atoms with Crippen molar-refractivity contribution in [2.75, 3.05) is 47.8 Å². The molecule has 120 valence electrons. The molecule has 1 rings (SSSR count). The summed E-state index contributed by atoms with van der Waals surface area (Å²) in [6.07, 6.45) is 6.63. The lowest BCUT2D eigenvalue weighted by atomic mass is 10.0. The van der Waals surface area contributed by atoms with Gasteiger partial charge in [-0.25, -0.2) is 0 Å². The zero-order valence-corrected chi connectivity index (χ0v) is 16.3. The zero-order valence-electron chi connectivity index (χ0n) is 13.9. The molecule has 0 aromatic rings. The van der Waals surface area contributed by atoms with Crippen LogP contribution >= 0.6 is 24.0 Å². The van der Waals surface area contributed by atoms with Gasteiger partial charge in [-0.3, -0.25) is 4.99 Å². The van der Waals surface area contributed by atoms with Crippen molar-refractivity contribution < 1.29 is 0 Å². The van der Waals surface area contributed by atoms with Crippen LogP contribution in [-0.4, -0.2) is 74.5 Å². The molecule has 0 spiro atoms. The molecule has 1 fully saturated rings. The molecule has 1 aliphatic heterocycles. The van der Waals surface area contributed by atoms with Gasteiger partial charge in [-0.1, -0.05) is 6.42 Å². The third-order valence-corrected chi connectivity index (χ3v) is 3.85. The van der Waals surface area contributed by atoms with E-state index in [4.69, 9.17) is 0 Å². The van der Waals surface area contributed by atoms with Crippen molar-refractivity contribution in [3.05, 3.63) is 0 Å². The molecule has 1 aliphatic rings. The van der Waals surface area contributed by atoms with E-state index in [9.17, 15) is 0 Å². The number of guanidine groups is 1. The predicted molar refractivity (Wildman–Crippen MR) is 99.2 cm³/mol. The second-order valence-electron chi connectivity index (χ2n) is 6.06. The Bertz CT molecular complexity index is 269. The average molecular weight is 396 g/mol. The maximum Gasteiger partial charge on any atom is 0.195 e. The molecule has 0 aromatic heterocycles. The number of rotatable bonds is 5. The normalized spacial score (nSPS) is 19.1. The van der Waals surface area contributed by atoms with Gasteiger partial charge in [0.1, 0.15) is 0 Å². The Kier molecular flexibility index (Phi) is 10.6. The molecular weight excluding hydrogens is 363 g/mol. The molecule has 1 unspecified atom stereocenters. The molecule has 0 saturated carbocycles. The smallest absolute Gasteiger partial charge is 0.195 e. The van der Waals surface area contributed by atoms with Crippen LogP contribution in [0.2, 0.25) is 0 Å². The van der Waals surface area contributed by atoms with Gasteiger partial charge in [0.15, 0.2) is 5.96 Å². The highest BCUT2D eigenvalue weighted by molar-refractivity contribution is 14.0. The van der Waals surface area contributed by atoms with E-state index in [0.717, 1.165) is 18.5 Å². The Balaban J connectivity index is 0.00000361. The second kappa shape index (κ2) is 10.7. The lowest BCUT2D eigenvalue weighted by Crippen LogP contribution is -2.38. The van der Waals surface area contributed by atoms with Gasteiger partial charge in [0, 0.05) is 40.8 Å².